The van der Waals surface area contributed by atoms with Crippen molar-refractivity contribution < 1.29 is 8.42 Å². The zero-order valence-electron chi connectivity index (χ0n) is 9.07. The number of hydrogen-bond acceptors (Lipinski definition) is 4. The third-order valence-electron chi connectivity index (χ3n) is 3.23. The van der Waals surface area contributed by atoms with Crippen molar-refractivity contribution in [3.63, 3.8) is 0 Å². The Morgan fingerprint density at radius 1 is 1.47 bits per heavy atom. The van der Waals surface area contributed by atoms with Gasteiger partial charge in [0.1, 0.15) is 0 Å². The Bertz CT molecular complexity index is 317. The molecule has 0 radical (unpaired) electrons. The van der Waals surface area contributed by atoms with Gasteiger partial charge in [0, 0.05) is 31.7 Å². The highest BCUT2D eigenvalue weighted by atomic mass is 32.2. The highest BCUT2D eigenvalue weighted by Crippen LogP contribution is 2.21. The van der Waals surface area contributed by atoms with Crippen molar-refractivity contribution in [3.8, 4) is 0 Å². The minimum absolute atomic E-state index is 0.320. The van der Waals surface area contributed by atoms with E-state index in [2.05, 4.69) is 14.9 Å². The molecule has 2 heterocycles. The number of nitrogens with zero attached hydrogens (tertiary/aromatic N) is 1. The van der Waals surface area contributed by atoms with Gasteiger partial charge >= 0.3 is 0 Å². The standard InChI is InChI=1S/C9H19N3O2S/c1-15(13,14)11-7-9-6-10-5-8-3-2-4-12(8)9/h8-11H,2-7H2,1H3/t8-,9?/m0/s1. The van der Waals surface area contributed by atoms with Gasteiger partial charge in [-0.2, -0.15) is 0 Å². The highest BCUT2D eigenvalue weighted by Gasteiger charge is 2.33. The van der Waals surface area contributed by atoms with Crippen LogP contribution in [0.3, 0.4) is 0 Å². The van der Waals surface area contributed by atoms with E-state index >= 15 is 0 Å². The molecule has 0 spiro atoms. The van der Waals surface area contributed by atoms with Crippen LogP contribution in [-0.4, -0.2) is 57.8 Å². The number of piperazine rings is 1. The third-order valence-corrected chi connectivity index (χ3v) is 3.92. The zero-order valence-corrected chi connectivity index (χ0v) is 9.89. The van der Waals surface area contributed by atoms with Crippen molar-refractivity contribution in [1.82, 2.24) is 14.9 Å². The van der Waals surface area contributed by atoms with Gasteiger partial charge in [-0.25, -0.2) is 13.1 Å². The Labute approximate surface area is 91.3 Å². The van der Waals surface area contributed by atoms with Crippen LogP contribution in [0.15, 0.2) is 0 Å². The van der Waals surface area contributed by atoms with Crippen molar-refractivity contribution in [2.75, 3.05) is 32.4 Å². The second-order valence-electron chi connectivity index (χ2n) is 4.47. The Morgan fingerprint density at radius 3 is 3.00 bits per heavy atom. The highest BCUT2D eigenvalue weighted by molar-refractivity contribution is 7.88. The summed E-state index contributed by atoms with van der Waals surface area (Å²) in [6, 6.07) is 0.936. The minimum Gasteiger partial charge on any atom is -0.314 e. The summed E-state index contributed by atoms with van der Waals surface area (Å²) in [5, 5.41) is 3.37. The van der Waals surface area contributed by atoms with Crippen LogP contribution in [0.5, 0.6) is 0 Å². The Balaban J connectivity index is 1.91. The molecule has 2 rings (SSSR count). The Morgan fingerprint density at radius 2 is 2.27 bits per heavy atom. The molecule has 2 saturated heterocycles. The number of fused-ring (bicyclic) bond motifs is 1. The molecule has 0 aliphatic carbocycles. The van der Waals surface area contributed by atoms with Gasteiger partial charge in [-0.15, -0.1) is 0 Å². The molecule has 0 aromatic rings. The van der Waals surface area contributed by atoms with Crippen molar-refractivity contribution in [1.29, 1.82) is 0 Å². The van der Waals surface area contributed by atoms with E-state index in [1.165, 1.54) is 19.1 Å². The first-order valence-corrected chi connectivity index (χ1v) is 7.36. The molecule has 88 valence electrons. The maximum atomic E-state index is 11.0. The normalized spacial score (nSPS) is 32.9. The van der Waals surface area contributed by atoms with E-state index in [0.29, 0.717) is 18.6 Å². The first-order valence-electron chi connectivity index (χ1n) is 5.47. The number of sulfonamides is 1. The first kappa shape index (κ1) is 11.3. The van der Waals surface area contributed by atoms with Gasteiger partial charge in [0.25, 0.3) is 0 Å². The summed E-state index contributed by atoms with van der Waals surface area (Å²) in [6.07, 6.45) is 3.69. The Hall–Kier alpha value is -0.170. The molecule has 5 nitrogen and oxygen atoms in total. The van der Waals surface area contributed by atoms with Gasteiger partial charge in [-0.05, 0) is 19.4 Å². The molecule has 2 atom stereocenters. The lowest BCUT2D eigenvalue weighted by molar-refractivity contribution is 0.139. The van der Waals surface area contributed by atoms with Crippen molar-refractivity contribution in [3.05, 3.63) is 0 Å². The molecule has 1 unspecified atom stereocenters. The lowest BCUT2D eigenvalue weighted by Gasteiger charge is -2.38. The van der Waals surface area contributed by atoms with E-state index in [4.69, 9.17) is 0 Å². The minimum atomic E-state index is -3.06. The van der Waals surface area contributed by atoms with Crippen LogP contribution in [0, 0.1) is 0 Å². The van der Waals surface area contributed by atoms with E-state index in [-0.39, 0.29) is 0 Å². The summed E-state index contributed by atoms with van der Waals surface area (Å²) in [4.78, 5) is 2.44. The second-order valence-corrected chi connectivity index (χ2v) is 6.30. The van der Waals surface area contributed by atoms with Gasteiger partial charge in [0.05, 0.1) is 6.26 Å². The maximum Gasteiger partial charge on any atom is 0.208 e. The van der Waals surface area contributed by atoms with Crippen LogP contribution in [0.2, 0.25) is 0 Å². The van der Waals surface area contributed by atoms with Crippen LogP contribution in [0.25, 0.3) is 0 Å². The molecule has 2 N–H and O–H groups in total. The lowest BCUT2D eigenvalue weighted by Crippen LogP contribution is -2.58. The predicted octanol–water partition coefficient (Wildman–Crippen LogP) is -1.03. The SMILES string of the molecule is CS(=O)(=O)NCC1CNC[C@@H]2CCCN12. The average molecular weight is 233 g/mol. The van der Waals surface area contributed by atoms with E-state index in [9.17, 15) is 8.42 Å². The van der Waals surface area contributed by atoms with Crippen LogP contribution in [0.1, 0.15) is 12.8 Å². The molecule has 0 bridgehead atoms. The number of rotatable bonds is 3. The van der Waals surface area contributed by atoms with Crippen molar-refractivity contribution in [2.24, 2.45) is 0 Å². The average Bonchev–Trinajstić information content (AvgIpc) is 2.61. The van der Waals surface area contributed by atoms with Crippen LogP contribution >= 0.6 is 0 Å². The molecule has 0 aromatic carbocycles. The summed E-state index contributed by atoms with van der Waals surface area (Å²) in [5.41, 5.74) is 0. The molecule has 15 heavy (non-hydrogen) atoms. The lowest BCUT2D eigenvalue weighted by atomic mass is 10.1. The summed E-state index contributed by atoms with van der Waals surface area (Å²) in [6.45, 7) is 3.58. The molecular formula is C9H19N3O2S. The molecular weight excluding hydrogens is 214 g/mol. The fourth-order valence-electron chi connectivity index (χ4n) is 2.53. The van der Waals surface area contributed by atoms with Gasteiger partial charge < -0.3 is 5.32 Å². The molecule has 2 aliphatic rings. The number of nitrogens with one attached hydrogen (secondary N) is 2. The van der Waals surface area contributed by atoms with Crippen LogP contribution in [-0.2, 0) is 10.0 Å². The van der Waals surface area contributed by atoms with Gasteiger partial charge in [-0.1, -0.05) is 0 Å². The topological polar surface area (TPSA) is 61.4 Å². The second kappa shape index (κ2) is 4.37. The van der Waals surface area contributed by atoms with Gasteiger partial charge in [0.2, 0.25) is 10.0 Å². The molecule has 6 heteroatoms. The van der Waals surface area contributed by atoms with Crippen LogP contribution in [0.4, 0.5) is 0 Å². The predicted molar refractivity (Wildman–Crippen MR) is 59.2 cm³/mol. The largest absolute Gasteiger partial charge is 0.314 e. The molecule has 0 saturated carbocycles. The zero-order chi connectivity index (χ0) is 10.9. The van der Waals surface area contributed by atoms with E-state index in [1.807, 2.05) is 0 Å². The van der Waals surface area contributed by atoms with Gasteiger partial charge in [-0.3, -0.25) is 4.90 Å². The molecule has 0 aromatic heterocycles. The third kappa shape index (κ3) is 2.90. The fourth-order valence-corrected chi connectivity index (χ4v) is 3.02. The van der Waals surface area contributed by atoms with Crippen molar-refractivity contribution >= 4 is 10.0 Å². The fraction of sp³-hybridized carbons (Fsp3) is 1.00. The molecule has 0 amide bonds. The smallest absolute Gasteiger partial charge is 0.208 e. The quantitative estimate of drug-likeness (QED) is 0.654. The van der Waals surface area contributed by atoms with Gasteiger partial charge in [0.15, 0.2) is 0 Å². The number of hydrogen-bond donors (Lipinski definition) is 2. The van der Waals surface area contributed by atoms with E-state index in [1.54, 1.807) is 0 Å². The molecule has 2 aliphatic heterocycles. The first-order chi connectivity index (χ1) is 7.06. The summed E-state index contributed by atoms with van der Waals surface area (Å²) in [5.74, 6) is 0. The van der Waals surface area contributed by atoms with Crippen LogP contribution < -0.4 is 10.0 Å². The monoisotopic (exact) mass is 233 g/mol. The Kier molecular flexibility index (Phi) is 3.30. The summed E-state index contributed by atoms with van der Waals surface area (Å²) in [7, 11) is -3.06. The molecule has 2 fully saturated rings. The summed E-state index contributed by atoms with van der Waals surface area (Å²) < 4.78 is 24.6. The van der Waals surface area contributed by atoms with E-state index in [0.717, 1.165) is 19.6 Å². The maximum absolute atomic E-state index is 11.0. The summed E-state index contributed by atoms with van der Waals surface area (Å²) >= 11 is 0. The van der Waals surface area contributed by atoms with E-state index < -0.39 is 10.0 Å². The van der Waals surface area contributed by atoms with Crippen molar-refractivity contribution in [2.45, 2.75) is 24.9 Å².